The Morgan fingerprint density at radius 3 is 2.53 bits per heavy atom. The van der Waals surface area contributed by atoms with Crippen LogP contribution in [0.2, 0.25) is 0 Å². The van der Waals surface area contributed by atoms with E-state index in [1.54, 1.807) is 7.11 Å². The van der Waals surface area contributed by atoms with Crippen LogP contribution in [0.4, 0.5) is 0 Å². The van der Waals surface area contributed by atoms with E-state index in [9.17, 15) is 5.11 Å². The second-order valence-corrected chi connectivity index (χ2v) is 4.01. The normalized spacial score (nSPS) is 11.5. The van der Waals surface area contributed by atoms with Crippen LogP contribution in [0.1, 0.15) is 31.7 Å². The predicted octanol–water partition coefficient (Wildman–Crippen LogP) is 2.79. The van der Waals surface area contributed by atoms with Gasteiger partial charge in [0.25, 0.3) is 0 Å². The van der Waals surface area contributed by atoms with Gasteiger partial charge in [0.05, 0.1) is 13.2 Å². The first-order chi connectivity index (χ1) is 8.26. The van der Waals surface area contributed by atoms with Crippen LogP contribution >= 0.6 is 0 Å². The number of aliphatic hydroxyl groups is 1. The van der Waals surface area contributed by atoms with Crippen LogP contribution in [0, 0.1) is 11.8 Å². The molecule has 0 saturated heterocycles. The molecule has 0 saturated carbocycles. The Hall–Kier alpha value is -1.46. The first-order valence-corrected chi connectivity index (χ1v) is 5.97. The Balaban J connectivity index is 2.30. The lowest BCUT2D eigenvalue weighted by atomic mass is 10.0. The van der Waals surface area contributed by atoms with Crippen LogP contribution in [0.5, 0.6) is 5.75 Å². The van der Waals surface area contributed by atoms with Crippen molar-refractivity contribution in [2.75, 3.05) is 7.11 Å². The first-order valence-electron chi connectivity index (χ1n) is 5.97. The molecule has 0 heterocycles. The van der Waals surface area contributed by atoms with Crippen molar-refractivity contribution in [3.05, 3.63) is 29.8 Å². The van der Waals surface area contributed by atoms with E-state index in [1.807, 2.05) is 31.2 Å². The monoisotopic (exact) mass is 232 g/mol. The van der Waals surface area contributed by atoms with Crippen LogP contribution in [0.3, 0.4) is 0 Å². The van der Waals surface area contributed by atoms with E-state index in [4.69, 9.17) is 4.74 Å². The maximum Gasteiger partial charge on any atom is 0.118 e. The Bertz CT molecular complexity index is 370. The fraction of sp³-hybridized carbons (Fsp3) is 0.467. The van der Waals surface area contributed by atoms with Crippen molar-refractivity contribution < 1.29 is 9.84 Å². The molecule has 0 spiro atoms. The van der Waals surface area contributed by atoms with Crippen molar-refractivity contribution in [3.63, 3.8) is 0 Å². The number of rotatable bonds is 6. The summed E-state index contributed by atoms with van der Waals surface area (Å²) in [4.78, 5) is 0. The summed E-state index contributed by atoms with van der Waals surface area (Å²) in [6.45, 7) is 1.82. The number of aryl methyl sites for hydroxylation is 1. The molecule has 0 aliphatic heterocycles. The van der Waals surface area contributed by atoms with E-state index in [-0.39, 0.29) is 6.10 Å². The number of methoxy groups -OCH3 is 1. The third-order valence-corrected chi connectivity index (χ3v) is 2.70. The van der Waals surface area contributed by atoms with Gasteiger partial charge in [-0.3, -0.25) is 0 Å². The van der Waals surface area contributed by atoms with Crippen LogP contribution in [0.15, 0.2) is 24.3 Å². The van der Waals surface area contributed by atoms with E-state index in [2.05, 4.69) is 11.8 Å². The SMILES string of the molecule is CC#CCCC(O)CCc1ccc(OC)cc1. The molecule has 17 heavy (non-hydrogen) atoms. The van der Waals surface area contributed by atoms with Gasteiger partial charge in [-0.1, -0.05) is 12.1 Å². The quantitative estimate of drug-likeness (QED) is 0.764. The molecule has 1 atom stereocenters. The highest BCUT2D eigenvalue weighted by atomic mass is 16.5. The van der Waals surface area contributed by atoms with E-state index in [0.717, 1.165) is 31.4 Å². The summed E-state index contributed by atoms with van der Waals surface area (Å²) < 4.78 is 5.10. The van der Waals surface area contributed by atoms with Crippen LogP contribution in [-0.2, 0) is 6.42 Å². The molecule has 2 heteroatoms. The van der Waals surface area contributed by atoms with Crippen molar-refractivity contribution in [1.29, 1.82) is 0 Å². The molecule has 0 amide bonds. The topological polar surface area (TPSA) is 29.5 Å². The van der Waals surface area contributed by atoms with Gasteiger partial charge >= 0.3 is 0 Å². The zero-order valence-electron chi connectivity index (χ0n) is 10.6. The lowest BCUT2D eigenvalue weighted by Gasteiger charge is -2.08. The molecule has 0 aliphatic rings. The number of ether oxygens (including phenoxy) is 1. The second-order valence-electron chi connectivity index (χ2n) is 4.01. The molecule has 1 unspecified atom stereocenters. The van der Waals surface area contributed by atoms with Crippen molar-refractivity contribution in [2.45, 2.75) is 38.7 Å². The molecule has 0 bridgehead atoms. The van der Waals surface area contributed by atoms with Gasteiger partial charge in [0, 0.05) is 6.42 Å². The first kappa shape index (κ1) is 13.6. The fourth-order valence-corrected chi connectivity index (χ4v) is 1.63. The lowest BCUT2D eigenvalue weighted by Crippen LogP contribution is -2.07. The largest absolute Gasteiger partial charge is 0.497 e. The molecular formula is C15H20O2. The zero-order chi connectivity index (χ0) is 12.5. The van der Waals surface area contributed by atoms with Crippen LogP contribution in [-0.4, -0.2) is 18.3 Å². The maximum absolute atomic E-state index is 9.75. The summed E-state index contributed by atoms with van der Waals surface area (Å²) in [5, 5.41) is 9.75. The molecule has 0 aromatic heterocycles. The average molecular weight is 232 g/mol. The molecule has 1 rings (SSSR count). The van der Waals surface area contributed by atoms with Gasteiger partial charge in [-0.05, 0) is 43.9 Å². The summed E-state index contributed by atoms with van der Waals surface area (Å²) in [5.74, 6) is 6.67. The smallest absolute Gasteiger partial charge is 0.118 e. The minimum absolute atomic E-state index is 0.252. The fourth-order valence-electron chi connectivity index (χ4n) is 1.63. The van der Waals surface area contributed by atoms with Gasteiger partial charge in [0.1, 0.15) is 5.75 Å². The van der Waals surface area contributed by atoms with Crippen molar-refractivity contribution in [1.82, 2.24) is 0 Å². The third-order valence-electron chi connectivity index (χ3n) is 2.70. The number of hydrogen-bond donors (Lipinski definition) is 1. The number of hydrogen-bond acceptors (Lipinski definition) is 2. The summed E-state index contributed by atoms with van der Waals surface area (Å²) in [6.07, 6.45) is 2.97. The van der Waals surface area contributed by atoms with Gasteiger partial charge < -0.3 is 9.84 Å². The average Bonchev–Trinajstić information content (AvgIpc) is 2.37. The van der Waals surface area contributed by atoms with Crippen LogP contribution < -0.4 is 4.74 Å². The van der Waals surface area contributed by atoms with Gasteiger partial charge in [0.15, 0.2) is 0 Å². The van der Waals surface area contributed by atoms with Gasteiger partial charge in [-0.15, -0.1) is 11.8 Å². The molecule has 1 aromatic carbocycles. The molecule has 1 N–H and O–H groups in total. The van der Waals surface area contributed by atoms with E-state index < -0.39 is 0 Å². The molecule has 0 radical (unpaired) electrons. The summed E-state index contributed by atoms with van der Waals surface area (Å²) >= 11 is 0. The molecule has 92 valence electrons. The van der Waals surface area contributed by atoms with Crippen LogP contribution in [0.25, 0.3) is 0 Å². The highest BCUT2D eigenvalue weighted by molar-refractivity contribution is 5.27. The Labute approximate surface area is 104 Å². The lowest BCUT2D eigenvalue weighted by molar-refractivity contribution is 0.156. The van der Waals surface area contributed by atoms with Crippen molar-refractivity contribution in [3.8, 4) is 17.6 Å². The maximum atomic E-state index is 9.75. The van der Waals surface area contributed by atoms with Gasteiger partial charge in [-0.2, -0.15) is 0 Å². The Morgan fingerprint density at radius 2 is 1.94 bits per heavy atom. The minimum Gasteiger partial charge on any atom is -0.497 e. The highest BCUT2D eigenvalue weighted by Crippen LogP contribution is 2.14. The second kappa shape index (κ2) is 7.76. The molecular weight excluding hydrogens is 212 g/mol. The number of aliphatic hydroxyl groups excluding tert-OH is 1. The van der Waals surface area contributed by atoms with Crippen molar-refractivity contribution >= 4 is 0 Å². The summed E-state index contributed by atoms with van der Waals surface area (Å²) in [5.41, 5.74) is 1.23. The van der Waals surface area contributed by atoms with Crippen molar-refractivity contribution in [2.24, 2.45) is 0 Å². The highest BCUT2D eigenvalue weighted by Gasteiger charge is 2.03. The number of benzene rings is 1. The van der Waals surface area contributed by atoms with E-state index >= 15 is 0 Å². The van der Waals surface area contributed by atoms with Gasteiger partial charge in [0.2, 0.25) is 0 Å². The molecule has 0 fully saturated rings. The standard InChI is InChI=1S/C15H20O2/c1-3-4-5-6-14(16)10-7-13-8-11-15(17-2)12-9-13/h8-9,11-12,14,16H,5-7,10H2,1-2H3. The predicted molar refractivity (Wildman–Crippen MR) is 70.0 cm³/mol. The molecule has 0 aliphatic carbocycles. The minimum atomic E-state index is -0.252. The summed E-state index contributed by atoms with van der Waals surface area (Å²) in [7, 11) is 1.66. The van der Waals surface area contributed by atoms with E-state index in [1.165, 1.54) is 5.56 Å². The third kappa shape index (κ3) is 5.42. The Morgan fingerprint density at radius 1 is 1.24 bits per heavy atom. The molecule has 2 nitrogen and oxygen atoms in total. The zero-order valence-corrected chi connectivity index (χ0v) is 10.6. The summed E-state index contributed by atoms with van der Waals surface area (Å²) in [6, 6.07) is 7.98. The Kier molecular flexibility index (Phi) is 6.21. The molecule has 1 aromatic rings. The van der Waals surface area contributed by atoms with E-state index in [0.29, 0.717) is 0 Å². The van der Waals surface area contributed by atoms with Gasteiger partial charge in [-0.25, -0.2) is 0 Å².